The highest BCUT2D eigenvalue weighted by Gasteiger charge is 2.43. The predicted molar refractivity (Wildman–Crippen MR) is 72.2 cm³/mol. The van der Waals surface area contributed by atoms with Crippen LogP contribution in [-0.2, 0) is 11.3 Å². The Morgan fingerprint density at radius 2 is 2.15 bits per heavy atom. The van der Waals surface area contributed by atoms with E-state index in [4.69, 9.17) is 4.42 Å². The fourth-order valence-corrected chi connectivity index (χ4v) is 2.57. The van der Waals surface area contributed by atoms with Gasteiger partial charge in [-0.3, -0.25) is 0 Å². The van der Waals surface area contributed by atoms with Crippen molar-refractivity contribution in [3.8, 4) is 0 Å². The van der Waals surface area contributed by atoms with Gasteiger partial charge in [-0.1, -0.05) is 12.8 Å². The number of aliphatic carboxylic acids is 1. The molecule has 1 aromatic heterocycles. The van der Waals surface area contributed by atoms with Gasteiger partial charge in [-0.2, -0.15) is 0 Å². The highest BCUT2D eigenvalue weighted by Crippen LogP contribution is 2.30. The van der Waals surface area contributed by atoms with E-state index in [-0.39, 0.29) is 6.03 Å². The Kier molecular flexibility index (Phi) is 4.32. The van der Waals surface area contributed by atoms with E-state index in [2.05, 4.69) is 5.32 Å². The summed E-state index contributed by atoms with van der Waals surface area (Å²) < 4.78 is 5.22. The quantitative estimate of drug-likeness (QED) is 0.866. The molecule has 1 saturated carbocycles. The van der Waals surface area contributed by atoms with Crippen LogP contribution in [0.15, 0.2) is 22.8 Å². The molecule has 2 rings (SSSR count). The molecule has 2 N–H and O–H groups in total. The third kappa shape index (κ3) is 2.95. The topological polar surface area (TPSA) is 82.8 Å². The minimum Gasteiger partial charge on any atom is -0.480 e. The Balaban J connectivity index is 2.03. The molecular formula is C14H20N2O4. The monoisotopic (exact) mass is 280 g/mol. The maximum Gasteiger partial charge on any atom is 0.329 e. The summed E-state index contributed by atoms with van der Waals surface area (Å²) in [7, 11) is 0. The number of nitrogens with zero attached hydrogens (tertiary/aromatic N) is 1. The fourth-order valence-electron chi connectivity index (χ4n) is 2.57. The number of hydrogen-bond acceptors (Lipinski definition) is 3. The summed E-state index contributed by atoms with van der Waals surface area (Å²) in [6.07, 6.45) is 4.20. The van der Waals surface area contributed by atoms with Gasteiger partial charge in [-0.05, 0) is 31.9 Å². The molecule has 0 spiro atoms. The Hall–Kier alpha value is -1.98. The number of hydrogen-bond donors (Lipinski definition) is 2. The van der Waals surface area contributed by atoms with Crippen LogP contribution in [0.2, 0.25) is 0 Å². The summed E-state index contributed by atoms with van der Waals surface area (Å²) in [5.74, 6) is -0.268. The molecular weight excluding hydrogens is 260 g/mol. The molecule has 6 nitrogen and oxygen atoms in total. The number of rotatable bonds is 5. The van der Waals surface area contributed by atoms with E-state index >= 15 is 0 Å². The molecule has 0 atom stereocenters. The minimum absolute atomic E-state index is 0.338. The molecule has 1 aliphatic rings. The van der Waals surface area contributed by atoms with Gasteiger partial charge in [-0.15, -0.1) is 0 Å². The van der Waals surface area contributed by atoms with Crippen LogP contribution in [0, 0.1) is 0 Å². The van der Waals surface area contributed by atoms with Crippen LogP contribution < -0.4 is 5.32 Å². The second-order valence-electron chi connectivity index (χ2n) is 5.12. The fraction of sp³-hybridized carbons (Fsp3) is 0.571. The van der Waals surface area contributed by atoms with Crippen LogP contribution >= 0.6 is 0 Å². The number of amides is 2. The average molecular weight is 280 g/mol. The van der Waals surface area contributed by atoms with Gasteiger partial charge >= 0.3 is 12.0 Å². The van der Waals surface area contributed by atoms with Crippen molar-refractivity contribution in [3.63, 3.8) is 0 Å². The zero-order valence-corrected chi connectivity index (χ0v) is 11.6. The Bertz CT molecular complexity index is 464. The standard InChI is InChI=1S/C14H20N2O4/c1-2-16(10-11-6-5-9-20-11)13(19)15-14(12(17)18)7-3-4-8-14/h5-6,9H,2-4,7-8,10H2,1H3,(H,15,19)(H,17,18). The number of urea groups is 1. The molecule has 2 amide bonds. The van der Waals surface area contributed by atoms with Crippen molar-refractivity contribution in [1.29, 1.82) is 0 Å². The number of carbonyl (C=O) groups excluding carboxylic acids is 1. The van der Waals surface area contributed by atoms with E-state index in [1.165, 1.54) is 0 Å². The largest absolute Gasteiger partial charge is 0.480 e. The molecule has 1 heterocycles. The molecule has 0 aromatic carbocycles. The number of furan rings is 1. The number of carbonyl (C=O) groups is 2. The first-order valence-corrected chi connectivity index (χ1v) is 6.90. The normalized spacial score (nSPS) is 16.9. The van der Waals surface area contributed by atoms with Crippen molar-refractivity contribution >= 4 is 12.0 Å². The summed E-state index contributed by atoms with van der Waals surface area (Å²) in [5, 5.41) is 12.1. The molecule has 1 aromatic rings. The van der Waals surface area contributed by atoms with E-state index in [0.717, 1.165) is 12.8 Å². The molecule has 0 aliphatic heterocycles. The van der Waals surface area contributed by atoms with Crippen LogP contribution in [0.4, 0.5) is 4.79 Å². The van der Waals surface area contributed by atoms with Gasteiger partial charge in [0.05, 0.1) is 12.8 Å². The molecule has 20 heavy (non-hydrogen) atoms. The van der Waals surface area contributed by atoms with E-state index in [1.54, 1.807) is 23.3 Å². The predicted octanol–water partition coefficient (Wildman–Crippen LogP) is 2.21. The molecule has 0 unspecified atom stereocenters. The second-order valence-corrected chi connectivity index (χ2v) is 5.12. The minimum atomic E-state index is -1.10. The lowest BCUT2D eigenvalue weighted by Crippen LogP contribution is -2.56. The van der Waals surface area contributed by atoms with Crippen LogP contribution in [0.1, 0.15) is 38.4 Å². The van der Waals surface area contributed by atoms with E-state index < -0.39 is 11.5 Å². The average Bonchev–Trinajstić information content (AvgIpc) is 3.07. The van der Waals surface area contributed by atoms with Crippen molar-refractivity contribution < 1.29 is 19.1 Å². The summed E-state index contributed by atoms with van der Waals surface area (Å²) >= 11 is 0. The molecule has 0 saturated heterocycles. The van der Waals surface area contributed by atoms with Gasteiger partial charge < -0.3 is 19.7 Å². The SMILES string of the molecule is CCN(Cc1ccco1)C(=O)NC1(C(=O)O)CCCC1. The van der Waals surface area contributed by atoms with Crippen molar-refractivity contribution in [1.82, 2.24) is 10.2 Å². The van der Waals surface area contributed by atoms with E-state index in [0.29, 0.717) is 31.7 Å². The Morgan fingerprint density at radius 3 is 2.65 bits per heavy atom. The third-order valence-corrected chi connectivity index (χ3v) is 3.81. The molecule has 1 aliphatic carbocycles. The molecule has 1 fully saturated rings. The smallest absolute Gasteiger partial charge is 0.329 e. The summed E-state index contributed by atoms with van der Waals surface area (Å²) in [5.41, 5.74) is -1.10. The van der Waals surface area contributed by atoms with Crippen molar-refractivity contribution in [3.05, 3.63) is 24.2 Å². The zero-order chi connectivity index (χ0) is 14.6. The highest BCUT2D eigenvalue weighted by atomic mass is 16.4. The zero-order valence-electron chi connectivity index (χ0n) is 11.6. The first-order valence-electron chi connectivity index (χ1n) is 6.90. The van der Waals surface area contributed by atoms with E-state index in [1.807, 2.05) is 6.92 Å². The van der Waals surface area contributed by atoms with Crippen molar-refractivity contribution in [2.24, 2.45) is 0 Å². The number of nitrogens with one attached hydrogen (secondary N) is 1. The highest BCUT2D eigenvalue weighted by molar-refractivity contribution is 5.86. The summed E-state index contributed by atoms with van der Waals surface area (Å²) in [6, 6.07) is 3.20. The Labute approximate surface area is 117 Å². The van der Waals surface area contributed by atoms with Gasteiger partial charge in [0, 0.05) is 6.54 Å². The van der Waals surface area contributed by atoms with Crippen LogP contribution in [0.25, 0.3) is 0 Å². The summed E-state index contributed by atoms with van der Waals surface area (Å²) in [6.45, 7) is 2.68. The van der Waals surface area contributed by atoms with Gasteiger partial charge in [0.15, 0.2) is 0 Å². The Morgan fingerprint density at radius 1 is 1.45 bits per heavy atom. The van der Waals surface area contributed by atoms with Gasteiger partial charge in [-0.25, -0.2) is 9.59 Å². The number of carboxylic acid groups (broad SMARTS) is 1. The third-order valence-electron chi connectivity index (χ3n) is 3.81. The van der Waals surface area contributed by atoms with Crippen LogP contribution in [0.5, 0.6) is 0 Å². The van der Waals surface area contributed by atoms with Crippen LogP contribution in [0.3, 0.4) is 0 Å². The lowest BCUT2D eigenvalue weighted by atomic mass is 9.98. The van der Waals surface area contributed by atoms with Crippen molar-refractivity contribution in [2.45, 2.75) is 44.7 Å². The van der Waals surface area contributed by atoms with Gasteiger partial charge in [0.1, 0.15) is 11.3 Å². The molecule has 0 bridgehead atoms. The molecule has 6 heteroatoms. The maximum absolute atomic E-state index is 12.3. The lowest BCUT2D eigenvalue weighted by molar-refractivity contribution is -0.144. The van der Waals surface area contributed by atoms with E-state index in [9.17, 15) is 14.7 Å². The van der Waals surface area contributed by atoms with Crippen LogP contribution in [-0.4, -0.2) is 34.1 Å². The summed E-state index contributed by atoms with van der Waals surface area (Å²) in [4.78, 5) is 25.3. The van der Waals surface area contributed by atoms with Gasteiger partial charge in [0.25, 0.3) is 0 Å². The molecule has 110 valence electrons. The molecule has 0 radical (unpaired) electrons. The second kappa shape index (κ2) is 5.98. The van der Waals surface area contributed by atoms with Gasteiger partial charge in [0.2, 0.25) is 0 Å². The first-order chi connectivity index (χ1) is 9.57. The number of carboxylic acids is 1. The van der Waals surface area contributed by atoms with Crippen molar-refractivity contribution in [2.75, 3.05) is 6.54 Å². The maximum atomic E-state index is 12.3. The lowest BCUT2D eigenvalue weighted by Gasteiger charge is -2.29. The first kappa shape index (κ1) is 14.4.